The maximum absolute atomic E-state index is 14.1. The highest BCUT2D eigenvalue weighted by Crippen LogP contribution is 2.29. The van der Waals surface area contributed by atoms with E-state index in [9.17, 15) is 9.90 Å². The molecule has 2 aromatic rings. The first-order valence-electron chi connectivity index (χ1n) is 14.1. The van der Waals surface area contributed by atoms with Crippen LogP contribution >= 0.6 is 23.2 Å². The second-order valence-electron chi connectivity index (χ2n) is 11.3. The average Bonchev–Trinajstić information content (AvgIpc) is 2.91. The molecule has 40 heavy (non-hydrogen) atoms. The number of likely N-dealkylation sites (N-methyl/N-ethyl adjacent to an activating group) is 1. The summed E-state index contributed by atoms with van der Waals surface area (Å²) in [5.74, 6) is 0.439. The van der Waals surface area contributed by atoms with E-state index in [1.54, 1.807) is 4.90 Å². The number of rotatable bonds is 7. The number of hydrogen-bond acceptors (Lipinski definition) is 6. The van der Waals surface area contributed by atoms with Crippen molar-refractivity contribution >= 4 is 34.8 Å². The maximum Gasteiger partial charge on any atom is 0.258 e. The van der Waals surface area contributed by atoms with Crippen LogP contribution in [0.3, 0.4) is 0 Å². The number of carbonyl (C=O) groups is 1. The molecule has 222 valence electrons. The van der Waals surface area contributed by atoms with E-state index >= 15 is 0 Å². The average molecular weight is 595 g/mol. The standard InChI is InChI=1S/C31H45Cl2N3O4/c1-21-17-36(22(2)20-37)31(38)26-16-25(34(4)5)11-13-29(26)40-23(3)9-7-8-14-39-30(21)19-35(6)18-24-10-12-27(32)28(33)15-24/h10-13,15-16,21-23,30,37H,7-9,14,17-20H2,1-6H3/t21-,22+,23+,30+/m0/s1. The third-order valence-corrected chi connectivity index (χ3v) is 8.22. The molecule has 9 heteroatoms. The molecule has 0 unspecified atom stereocenters. The Kier molecular flexibility index (Phi) is 12.4. The molecule has 1 N–H and O–H groups in total. The molecule has 0 bridgehead atoms. The molecule has 4 atom stereocenters. The van der Waals surface area contributed by atoms with Crippen molar-refractivity contribution in [2.24, 2.45) is 5.92 Å². The van der Waals surface area contributed by atoms with E-state index in [4.69, 9.17) is 32.7 Å². The molecule has 0 radical (unpaired) electrons. The number of nitrogens with zero attached hydrogens (tertiary/aromatic N) is 3. The second-order valence-corrected chi connectivity index (χ2v) is 12.1. The fourth-order valence-corrected chi connectivity index (χ4v) is 5.29. The number of fused-ring (bicyclic) bond motifs is 1. The molecule has 1 amide bonds. The van der Waals surface area contributed by atoms with Gasteiger partial charge in [-0.15, -0.1) is 0 Å². The molecule has 1 heterocycles. The molecule has 0 fully saturated rings. The van der Waals surface area contributed by atoms with Crippen LogP contribution in [-0.4, -0.2) is 86.5 Å². The number of anilines is 1. The van der Waals surface area contributed by atoms with Crippen molar-refractivity contribution in [2.45, 2.75) is 64.8 Å². The zero-order chi connectivity index (χ0) is 29.4. The molecule has 1 aliphatic heterocycles. The predicted octanol–water partition coefficient (Wildman–Crippen LogP) is 5.99. The lowest BCUT2D eigenvalue weighted by atomic mass is 10.0. The lowest BCUT2D eigenvalue weighted by Crippen LogP contribution is -2.47. The van der Waals surface area contributed by atoms with Crippen molar-refractivity contribution in [3.63, 3.8) is 0 Å². The van der Waals surface area contributed by atoms with Gasteiger partial charge in [0.25, 0.3) is 5.91 Å². The Morgan fingerprint density at radius 3 is 2.50 bits per heavy atom. The minimum Gasteiger partial charge on any atom is -0.490 e. The Labute approximate surface area is 249 Å². The molecular formula is C31H45Cl2N3O4. The fraction of sp³-hybridized carbons (Fsp3) is 0.581. The third kappa shape index (κ3) is 8.98. The van der Waals surface area contributed by atoms with Crippen LogP contribution in [-0.2, 0) is 11.3 Å². The number of carbonyl (C=O) groups excluding carboxylic acids is 1. The van der Waals surface area contributed by atoms with Crippen LogP contribution in [0.25, 0.3) is 0 Å². The van der Waals surface area contributed by atoms with E-state index < -0.39 is 0 Å². The van der Waals surface area contributed by atoms with E-state index in [-0.39, 0.29) is 36.7 Å². The van der Waals surface area contributed by atoms with Crippen LogP contribution in [0.4, 0.5) is 5.69 Å². The Morgan fingerprint density at radius 2 is 1.82 bits per heavy atom. The number of aliphatic hydroxyl groups is 1. The highest BCUT2D eigenvalue weighted by molar-refractivity contribution is 6.42. The summed E-state index contributed by atoms with van der Waals surface area (Å²) < 4.78 is 12.8. The minimum absolute atomic E-state index is 0.0115. The van der Waals surface area contributed by atoms with Gasteiger partial charge in [0.1, 0.15) is 5.75 Å². The summed E-state index contributed by atoms with van der Waals surface area (Å²) >= 11 is 12.3. The lowest BCUT2D eigenvalue weighted by Gasteiger charge is -2.36. The molecule has 7 nitrogen and oxygen atoms in total. The summed E-state index contributed by atoms with van der Waals surface area (Å²) in [6, 6.07) is 11.1. The van der Waals surface area contributed by atoms with Gasteiger partial charge in [0, 0.05) is 51.9 Å². The van der Waals surface area contributed by atoms with E-state index in [0.717, 1.165) is 30.5 Å². The minimum atomic E-state index is -0.370. The van der Waals surface area contributed by atoms with Crippen LogP contribution in [0.15, 0.2) is 36.4 Å². The van der Waals surface area contributed by atoms with Gasteiger partial charge in [0.15, 0.2) is 0 Å². The monoisotopic (exact) mass is 593 g/mol. The summed E-state index contributed by atoms with van der Waals surface area (Å²) in [5.41, 5.74) is 2.49. The van der Waals surface area contributed by atoms with Gasteiger partial charge in [-0.25, -0.2) is 0 Å². The van der Waals surface area contributed by atoms with Crippen LogP contribution < -0.4 is 9.64 Å². The van der Waals surface area contributed by atoms with Crippen LogP contribution in [0.5, 0.6) is 5.75 Å². The van der Waals surface area contributed by atoms with Crippen LogP contribution in [0, 0.1) is 5.92 Å². The summed E-state index contributed by atoms with van der Waals surface area (Å²) in [6.45, 7) is 8.33. The van der Waals surface area contributed by atoms with Crippen molar-refractivity contribution in [3.8, 4) is 5.75 Å². The topological polar surface area (TPSA) is 65.5 Å². The zero-order valence-corrected chi connectivity index (χ0v) is 26.2. The first-order chi connectivity index (χ1) is 19.0. The normalized spacial score (nSPS) is 21.9. The third-order valence-electron chi connectivity index (χ3n) is 7.48. The Hall–Kier alpha value is -2.03. The zero-order valence-electron chi connectivity index (χ0n) is 24.7. The Balaban J connectivity index is 1.89. The SMILES string of the molecule is C[C@@H]1CCCCO[C@H](CN(C)Cc2ccc(Cl)c(Cl)c2)[C@@H](C)CN([C@H](C)CO)C(=O)c2cc(N(C)C)ccc2O1. The van der Waals surface area contributed by atoms with Crippen molar-refractivity contribution in [2.75, 3.05) is 52.3 Å². The van der Waals surface area contributed by atoms with Crippen molar-refractivity contribution in [1.29, 1.82) is 0 Å². The van der Waals surface area contributed by atoms with Gasteiger partial charge in [-0.1, -0.05) is 36.2 Å². The number of halogens is 2. The van der Waals surface area contributed by atoms with E-state index in [2.05, 4.69) is 18.9 Å². The van der Waals surface area contributed by atoms with Crippen LogP contribution in [0.1, 0.15) is 56.0 Å². The fourth-order valence-electron chi connectivity index (χ4n) is 4.97. The quantitative estimate of drug-likeness (QED) is 0.425. The molecular weight excluding hydrogens is 549 g/mol. The first kappa shape index (κ1) is 32.5. The maximum atomic E-state index is 14.1. The summed E-state index contributed by atoms with van der Waals surface area (Å²) in [6.07, 6.45) is 2.60. The van der Waals surface area contributed by atoms with Crippen molar-refractivity contribution in [3.05, 3.63) is 57.6 Å². The highest BCUT2D eigenvalue weighted by Gasteiger charge is 2.30. The summed E-state index contributed by atoms with van der Waals surface area (Å²) in [4.78, 5) is 20.0. The molecule has 2 aromatic carbocycles. The van der Waals surface area contributed by atoms with Gasteiger partial charge < -0.3 is 24.4 Å². The largest absolute Gasteiger partial charge is 0.490 e. The predicted molar refractivity (Wildman–Crippen MR) is 164 cm³/mol. The van der Waals surface area contributed by atoms with Gasteiger partial charge in [0.05, 0.1) is 40.5 Å². The summed E-state index contributed by atoms with van der Waals surface area (Å²) in [5, 5.41) is 11.2. The van der Waals surface area contributed by atoms with E-state index in [1.807, 2.05) is 69.2 Å². The molecule has 1 aliphatic rings. The number of aliphatic hydroxyl groups excluding tert-OH is 1. The molecule has 0 saturated carbocycles. The van der Waals surface area contributed by atoms with Gasteiger partial charge in [-0.3, -0.25) is 9.69 Å². The van der Waals surface area contributed by atoms with Gasteiger partial charge >= 0.3 is 0 Å². The number of amides is 1. The number of benzene rings is 2. The molecule has 3 rings (SSSR count). The van der Waals surface area contributed by atoms with E-state index in [0.29, 0.717) is 47.6 Å². The Bertz CT molecular complexity index is 1120. The lowest BCUT2D eigenvalue weighted by molar-refractivity contribution is -0.0177. The number of ether oxygens (including phenoxy) is 2. The Morgan fingerprint density at radius 1 is 1.07 bits per heavy atom. The summed E-state index contributed by atoms with van der Waals surface area (Å²) in [7, 11) is 5.96. The highest BCUT2D eigenvalue weighted by atomic mass is 35.5. The van der Waals surface area contributed by atoms with E-state index in [1.165, 1.54) is 0 Å². The molecule has 0 aliphatic carbocycles. The molecule has 0 saturated heterocycles. The second kappa shape index (κ2) is 15.3. The van der Waals surface area contributed by atoms with Crippen molar-refractivity contribution < 1.29 is 19.4 Å². The van der Waals surface area contributed by atoms with Crippen molar-refractivity contribution in [1.82, 2.24) is 9.80 Å². The van der Waals surface area contributed by atoms with Gasteiger partial charge in [-0.05, 0) is 76.1 Å². The smallest absolute Gasteiger partial charge is 0.258 e. The molecule has 0 aromatic heterocycles. The van der Waals surface area contributed by atoms with Gasteiger partial charge in [-0.2, -0.15) is 0 Å². The molecule has 0 spiro atoms. The number of hydrogen-bond donors (Lipinski definition) is 1. The van der Waals surface area contributed by atoms with Gasteiger partial charge in [0.2, 0.25) is 0 Å². The first-order valence-corrected chi connectivity index (χ1v) is 14.9. The van der Waals surface area contributed by atoms with Crippen LogP contribution in [0.2, 0.25) is 10.0 Å².